The van der Waals surface area contributed by atoms with Crippen LogP contribution in [0.5, 0.6) is 0 Å². The zero-order valence-corrected chi connectivity index (χ0v) is 25.6. The fourth-order valence-electron chi connectivity index (χ4n) is 2.69. The molecule has 0 saturated carbocycles. The Kier molecular flexibility index (Phi) is 32.5. The number of aliphatic hydroxyl groups excluding tert-OH is 1. The van der Waals surface area contributed by atoms with Crippen molar-refractivity contribution in [3.05, 3.63) is 35.9 Å². The van der Waals surface area contributed by atoms with Crippen LogP contribution < -0.4 is 0 Å². The SMILES string of the molecule is COC(=O)COCCOCCOCCOCCO.COC(=O)COCCOCCOCCOCCOCc1ccccc1. The number of ether oxygens (including phenoxy) is 11. The molecule has 0 heterocycles. The highest BCUT2D eigenvalue weighted by molar-refractivity contribution is 5.70. The topological polar surface area (TPSA) is 156 Å². The van der Waals surface area contributed by atoms with Crippen molar-refractivity contribution in [3.8, 4) is 0 Å². The predicted molar refractivity (Wildman–Crippen MR) is 154 cm³/mol. The van der Waals surface area contributed by atoms with Crippen molar-refractivity contribution in [2.24, 2.45) is 0 Å². The first-order valence-corrected chi connectivity index (χ1v) is 14.1. The summed E-state index contributed by atoms with van der Waals surface area (Å²) in [4.78, 5) is 21.4. The fourth-order valence-corrected chi connectivity index (χ4v) is 2.69. The highest BCUT2D eigenvalue weighted by atomic mass is 16.6. The molecule has 0 aliphatic heterocycles. The smallest absolute Gasteiger partial charge is 0.331 e. The zero-order valence-electron chi connectivity index (χ0n) is 25.6. The predicted octanol–water partition coefficient (Wildman–Crippen LogP) is 0.661. The largest absolute Gasteiger partial charge is 0.467 e. The molecule has 1 aromatic carbocycles. The van der Waals surface area contributed by atoms with Gasteiger partial charge >= 0.3 is 11.9 Å². The monoisotopic (exact) mass is 622 g/mol. The third-order valence-electron chi connectivity index (χ3n) is 4.85. The van der Waals surface area contributed by atoms with Crippen LogP contribution in [0.2, 0.25) is 0 Å². The molecule has 14 heteroatoms. The van der Waals surface area contributed by atoms with Gasteiger partial charge in [0.25, 0.3) is 0 Å². The van der Waals surface area contributed by atoms with E-state index < -0.39 is 11.9 Å². The van der Waals surface area contributed by atoms with Crippen LogP contribution in [0.15, 0.2) is 30.3 Å². The summed E-state index contributed by atoms with van der Waals surface area (Å²) in [5.74, 6) is -0.796. The number of rotatable bonds is 29. The van der Waals surface area contributed by atoms with Gasteiger partial charge in [0, 0.05) is 0 Å². The van der Waals surface area contributed by atoms with Crippen LogP contribution in [0, 0.1) is 0 Å². The molecule has 1 aromatic rings. The van der Waals surface area contributed by atoms with Gasteiger partial charge < -0.3 is 57.2 Å². The van der Waals surface area contributed by atoms with Crippen LogP contribution in [-0.4, -0.2) is 150 Å². The maximum absolute atomic E-state index is 10.8. The average molecular weight is 623 g/mol. The third-order valence-corrected chi connectivity index (χ3v) is 4.85. The van der Waals surface area contributed by atoms with Gasteiger partial charge in [-0.3, -0.25) is 0 Å². The molecule has 0 atom stereocenters. The van der Waals surface area contributed by atoms with Crippen molar-refractivity contribution < 1.29 is 66.8 Å². The Balaban J connectivity index is 0.000000869. The number of aliphatic hydroxyl groups is 1. The highest BCUT2D eigenvalue weighted by Crippen LogP contribution is 2.00. The summed E-state index contributed by atoms with van der Waals surface area (Å²) in [5, 5.41) is 8.43. The zero-order chi connectivity index (χ0) is 31.5. The molecule has 250 valence electrons. The van der Waals surface area contributed by atoms with Crippen LogP contribution in [0.1, 0.15) is 5.56 Å². The standard InChI is InChI=1S/C18H28O7.C11H22O7/c1-20-18(19)16-25-14-12-23-10-8-21-7-9-22-11-13-24-15-17-5-3-2-4-6-17;1-14-11(13)10-18-9-8-17-7-6-16-5-4-15-3-2-12/h2-6H,7-16H2,1H3;12H,2-10H2,1H3. The van der Waals surface area contributed by atoms with E-state index in [-0.39, 0.29) is 19.8 Å². The molecule has 0 aromatic heterocycles. The molecule has 43 heavy (non-hydrogen) atoms. The lowest BCUT2D eigenvalue weighted by Crippen LogP contribution is -2.15. The summed E-state index contributed by atoms with van der Waals surface area (Å²) >= 11 is 0. The second kappa shape index (κ2) is 34.3. The summed E-state index contributed by atoms with van der Waals surface area (Å²) < 4.78 is 55.8. The van der Waals surface area contributed by atoms with Crippen LogP contribution in [0.3, 0.4) is 0 Å². The van der Waals surface area contributed by atoms with Gasteiger partial charge in [-0.15, -0.1) is 0 Å². The number of carbonyl (C=O) groups excluding carboxylic acids is 2. The van der Waals surface area contributed by atoms with Crippen LogP contribution in [-0.2, 0) is 68.3 Å². The molecule has 0 fully saturated rings. The number of carbonyl (C=O) groups is 2. The lowest BCUT2D eigenvalue weighted by molar-refractivity contribution is -0.147. The first-order chi connectivity index (χ1) is 21.1. The number of methoxy groups -OCH3 is 2. The van der Waals surface area contributed by atoms with E-state index in [1.54, 1.807) is 0 Å². The number of hydrogen-bond acceptors (Lipinski definition) is 14. The maximum Gasteiger partial charge on any atom is 0.331 e. The molecule has 14 nitrogen and oxygen atoms in total. The van der Waals surface area contributed by atoms with E-state index in [0.29, 0.717) is 106 Å². The summed E-state index contributed by atoms with van der Waals surface area (Å²) in [7, 11) is 2.63. The van der Waals surface area contributed by atoms with Crippen molar-refractivity contribution in [3.63, 3.8) is 0 Å². The lowest BCUT2D eigenvalue weighted by atomic mass is 10.2. The number of hydrogen-bond donors (Lipinski definition) is 1. The Labute approximate surface area is 254 Å². The minimum absolute atomic E-state index is 0.0225. The van der Waals surface area contributed by atoms with Gasteiger partial charge in [-0.1, -0.05) is 30.3 Å². The lowest BCUT2D eigenvalue weighted by Gasteiger charge is -2.08. The molecule has 0 saturated heterocycles. The summed E-state index contributed by atoms with van der Waals surface area (Å²) in [6.07, 6.45) is 0. The summed E-state index contributed by atoms with van der Waals surface area (Å²) in [6.45, 7) is 7.33. The van der Waals surface area contributed by atoms with E-state index >= 15 is 0 Å². The molecular weight excluding hydrogens is 572 g/mol. The van der Waals surface area contributed by atoms with Crippen LogP contribution in [0.4, 0.5) is 0 Å². The van der Waals surface area contributed by atoms with E-state index in [1.807, 2.05) is 30.3 Å². The van der Waals surface area contributed by atoms with E-state index in [9.17, 15) is 9.59 Å². The van der Waals surface area contributed by atoms with Gasteiger partial charge in [0.05, 0.1) is 127 Å². The van der Waals surface area contributed by atoms with Crippen molar-refractivity contribution in [2.45, 2.75) is 6.61 Å². The van der Waals surface area contributed by atoms with Crippen molar-refractivity contribution >= 4 is 11.9 Å². The van der Waals surface area contributed by atoms with Crippen molar-refractivity contribution in [1.29, 1.82) is 0 Å². The van der Waals surface area contributed by atoms with Crippen LogP contribution in [0.25, 0.3) is 0 Å². The summed E-state index contributed by atoms with van der Waals surface area (Å²) in [6, 6.07) is 10.0. The molecular formula is C29H50O14. The van der Waals surface area contributed by atoms with Crippen molar-refractivity contribution in [1.82, 2.24) is 0 Å². The maximum atomic E-state index is 10.8. The van der Waals surface area contributed by atoms with Gasteiger partial charge in [0.2, 0.25) is 0 Å². The molecule has 1 N–H and O–H groups in total. The number of esters is 2. The van der Waals surface area contributed by atoms with E-state index in [2.05, 4.69) is 9.47 Å². The molecule has 0 spiro atoms. The van der Waals surface area contributed by atoms with Gasteiger partial charge in [-0.2, -0.15) is 0 Å². The van der Waals surface area contributed by atoms with E-state index in [4.69, 9.17) is 47.7 Å². The molecule has 1 rings (SSSR count). The highest BCUT2D eigenvalue weighted by Gasteiger charge is 2.00. The van der Waals surface area contributed by atoms with Gasteiger partial charge in [0.15, 0.2) is 0 Å². The number of benzene rings is 1. The van der Waals surface area contributed by atoms with E-state index in [0.717, 1.165) is 5.56 Å². The third kappa shape index (κ3) is 32.5. The van der Waals surface area contributed by atoms with Crippen molar-refractivity contribution in [2.75, 3.05) is 133 Å². The average Bonchev–Trinajstić information content (AvgIpc) is 3.03. The fraction of sp³-hybridized carbons (Fsp3) is 0.724. The van der Waals surface area contributed by atoms with Gasteiger partial charge in [-0.25, -0.2) is 9.59 Å². The molecule has 0 bridgehead atoms. The Bertz CT molecular complexity index is 722. The minimum atomic E-state index is -0.402. The van der Waals surface area contributed by atoms with Gasteiger partial charge in [-0.05, 0) is 5.56 Å². The normalized spacial score (nSPS) is 10.7. The molecule has 0 aliphatic rings. The van der Waals surface area contributed by atoms with Gasteiger partial charge in [0.1, 0.15) is 13.2 Å². The second-order valence-corrected chi connectivity index (χ2v) is 8.19. The Morgan fingerprint density at radius 1 is 0.488 bits per heavy atom. The molecule has 0 amide bonds. The minimum Gasteiger partial charge on any atom is -0.467 e. The Morgan fingerprint density at radius 2 is 0.814 bits per heavy atom. The van der Waals surface area contributed by atoms with E-state index in [1.165, 1.54) is 14.2 Å². The Morgan fingerprint density at radius 3 is 1.16 bits per heavy atom. The molecule has 0 unspecified atom stereocenters. The van der Waals surface area contributed by atoms with Crippen LogP contribution >= 0.6 is 0 Å². The Hall–Kier alpha value is -2.24. The first kappa shape index (κ1) is 40.8. The quantitative estimate of drug-likeness (QED) is 0.0982. The molecule has 0 aliphatic carbocycles. The summed E-state index contributed by atoms with van der Waals surface area (Å²) in [5.41, 5.74) is 1.15. The first-order valence-electron chi connectivity index (χ1n) is 14.1. The second-order valence-electron chi connectivity index (χ2n) is 8.19. The molecule has 0 radical (unpaired) electrons.